The normalized spacial score (nSPS) is 11.8. The zero-order valence-corrected chi connectivity index (χ0v) is 16.4. The number of amides is 3. The zero-order valence-electron chi connectivity index (χ0n) is 15.6. The smallest absolute Gasteiger partial charge is 0.319 e. The Labute approximate surface area is 168 Å². The maximum Gasteiger partial charge on any atom is 0.319 e. The van der Waals surface area contributed by atoms with Gasteiger partial charge in [0.05, 0.1) is 16.7 Å². The number of anilines is 1. The van der Waals surface area contributed by atoms with Crippen LogP contribution in [0.5, 0.6) is 0 Å². The summed E-state index contributed by atoms with van der Waals surface area (Å²) in [5.41, 5.74) is 1.21. The third-order valence-electron chi connectivity index (χ3n) is 3.85. The number of hydrogen-bond donors (Lipinski definition) is 4. The highest BCUT2D eigenvalue weighted by atomic mass is 35.5. The molecule has 0 aromatic heterocycles. The number of halogens is 2. The van der Waals surface area contributed by atoms with E-state index in [-0.39, 0.29) is 17.5 Å². The lowest BCUT2D eigenvalue weighted by molar-refractivity contribution is 0.0949. The van der Waals surface area contributed by atoms with Gasteiger partial charge in [0.2, 0.25) is 0 Å². The SMILES string of the molecule is CC(C)CNC(=O)c1ccc(NC(=O)NCC(O)c2ccc(F)cc2)cc1Cl. The number of benzene rings is 2. The Balaban J connectivity index is 1.88. The van der Waals surface area contributed by atoms with Gasteiger partial charge in [0, 0.05) is 18.8 Å². The number of carbonyl (C=O) groups excluding carboxylic acids is 2. The molecule has 0 aliphatic rings. The van der Waals surface area contributed by atoms with Crippen molar-refractivity contribution in [3.05, 3.63) is 64.4 Å². The molecule has 150 valence electrons. The van der Waals surface area contributed by atoms with Crippen LogP contribution in [0.25, 0.3) is 0 Å². The predicted molar refractivity (Wildman–Crippen MR) is 107 cm³/mol. The topological polar surface area (TPSA) is 90.5 Å². The molecule has 0 aliphatic heterocycles. The van der Waals surface area contributed by atoms with Crippen molar-refractivity contribution >= 4 is 29.2 Å². The van der Waals surface area contributed by atoms with E-state index in [1.807, 2.05) is 13.8 Å². The summed E-state index contributed by atoms with van der Waals surface area (Å²) in [6.07, 6.45) is -0.970. The molecule has 0 fully saturated rings. The average molecular weight is 408 g/mol. The first kappa shape index (κ1) is 21.7. The molecule has 0 saturated heterocycles. The second-order valence-corrected chi connectivity index (χ2v) is 7.11. The van der Waals surface area contributed by atoms with Crippen molar-refractivity contribution in [1.29, 1.82) is 0 Å². The van der Waals surface area contributed by atoms with E-state index < -0.39 is 18.0 Å². The number of nitrogens with one attached hydrogen (secondary N) is 3. The second kappa shape index (κ2) is 10.1. The monoisotopic (exact) mass is 407 g/mol. The summed E-state index contributed by atoms with van der Waals surface area (Å²) in [5, 5.41) is 18.1. The summed E-state index contributed by atoms with van der Waals surface area (Å²) in [6.45, 7) is 4.45. The predicted octanol–water partition coefficient (Wildman–Crippen LogP) is 3.72. The van der Waals surface area contributed by atoms with Gasteiger partial charge in [-0.05, 0) is 41.8 Å². The minimum absolute atomic E-state index is 0.0547. The molecule has 28 heavy (non-hydrogen) atoms. The van der Waals surface area contributed by atoms with Crippen molar-refractivity contribution in [2.75, 3.05) is 18.4 Å². The highest BCUT2D eigenvalue weighted by Crippen LogP contribution is 2.21. The molecule has 3 amide bonds. The van der Waals surface area contributed by atoms with Gasteiger partial charge in [-0.1, -0.05) is 37.6 Å². The molecule has 6 nitrogen and oxygen atoms in total. The molecule has 0 radical (unpaired) electrons. The van der Waals surface area contributed by atoms with E-state index in [1.54, 1.807) is 6.07 Å². The summed E-state index contributed by atoms with van der Waals surface area (Å²) in [5.74, 6) is -0.366. The van der Waals surface area contributed by atoms with Crippen LogP contribution >= 0.6 is 11.6 Å². The molecule has 1 atom stereocenters. The molecule has 0 heterocycles. The third-order valence-corrected chi connectivity index (χ3v) is 4.17. The van der Waals surface area contributed by atoms with Crippen LogP contribution < -0.4 is 16.0 Å². The zero-order chi connectivity index (χ0) is 20.7. The molecule has 4 N–H and O–H groups in total. The first-order valence-corrected chi connectivity index (χ1v) is 9.20. The number of rotatable bonds is 7. The lowest BCUT2D eigenvalue weighted by Crippen LogP contribution is -2.32. The molecule has 0 saturated carbocycles. The van der Waals surface area contributed by atoms with E-state index >= 15 is 0 Å². The van der Waals surface area contributed by atoms with Crippen molar-refractivity contribution in [3.8, 4) is 0 Å². The maximum atomic E-state index is 12.9. The van der Waals surface area contributed by atoms with Crippen LogP contribution in [0.4, 0.5) is 14.9 Å². The van der Waals surface area contributed by atoms with E-state index in [0.717, 1.165) is 0 Å². The summed E-state index contributed by atoms with van der Waals surface area (Å²) >= 11 is 6.14. The van der Waals surface area contributed by atoms with Crippen molar-refractivity contribution in [2.45, 2.75) is 20.0 Å². The van der Waals surface area contributed by atoms with E-state index in [9.17, 15) is 19.1 Å². The Bertz CT molecular complexity index is 828. The van der Waals surface area contributed by atoms with E-state index in [1.165, 1.54) is 36.4 Å². The number of carbonyl (C=O) groups is 2. The molecular weight excluding hydrogens is 385 g/mol. The fraction of sp³-hybridized carbons (Fsp3) is 0.300. The van der Waals surface area contributed by atoms with Crippen LogP contribution in [0.1, 0.15) is 35.9 Å². The standard InChI is InChI=1S/C20H23ClFN3O3/c1-12(2)10-23-19(27)16-8-7-15(9-17(16)21)25-20(28)24-11-18(26)13-3-5-14(22)6-4-13/h3-9,12,18,26H,10-11H2,1-2H3,(H,23,27)(H2,24,25,28). The van der Waals surface area contributed by atoms with Crippen LogP contribution in [0.15, 0.2) is 42.5 Å². The molecule has 0 spiro atoms. The molecule has 2 aromatic rings. The van der Waals surface area contributed by atoms with Crippen LogP contribution in [0, 0.1) is 11.7 Å². The average Bonchev–Trinajstić information content (AvgIpc) is 2.65. The molecule has 1 unspecified atom stereocenters. The summed E-state index contributed by atoms with van der Waals surface area (Å²) in [6, 6.07) is 9.38. The molecular formula is C20H23ClFN3O3. The van der Waals surface area contributed by atoms with E-state index in [2.05, 4.69) is 16.0 Å². The number of urea groups is 1. The number of hydrogen-bond acceptors (Lipinski definition) is 3. The fourth-order valence-corrected chi connectivity index (χ4v) is 2.60. The van der Waals surface area contributed by atoms with Crippen LogP contribution in [-0.4, -0.2) is 30.1 Å². The minimum Gasteiger partial charge on any atom is -0.387 e. The minimum atomic E-state index is -0.970. The highest BCUT2D eigenvalue weighted by Gasteiger charge is 2.13. The Kier molecular flexibility index (Phi) is 7.78. The van der Waals surface area contributed by atoms with Crippen molar-refractivity contribution in [1.82, 2.24) is 10.6 Å². The largest absolute Gasteiger partial charge is 0.387 e. The van der Waals surface area contributed by atoms with Crippen LogP contribution in [0.3, 0.4) is 0 Å². The van der Waals surface area contributed by atoms with Gasteiger partial charge < -0.3 is 21.1 Å². The Morgan fingerprint density at radius 2 is 1.75 bits per heavy atom. The van der Waals surface area contributed by atoms with Gasteiger partial charge in [0.1, 0.15) is 5.82 Å². The van der Waals surface area contributed by atoms with Gasteiger partial charge in [-0.25, -0.2) is 9.18 Å². The summed E-state index contributed by atoms with van der Waals surface area (Å²) in [4.78, 5) is 24.1. The lowest BCUT2D eigenvalue weighted by Gasteiger charge is -2.14. The van der Waals surface area contributed by atoms with Crippen molar-refractivity contribution in [2.24, 2.45) is 5.92 Å². The second-order valence-electron chi connectivity index (χ2n) is 6.70. The molecule has 0 bridgehead atoms. The van der Waals surface area contributed by atoms with Crippen LogP contribution in [0.2, 0.25) is 5.02 Å². The van der Waals surface area contributed by atoms with E-state index in [4.69, 9.17) is 11.6 Å². The Morgan fingerprint density at radius 3 is 2.36 bits per heavy atom. The molecule has 0 aliphatic carbocycles. The van der Waals surface area contributed by atoms with Gasteiger partial charge in [0.15, 0.2) is 0 Å². The van der Waals surface area contributed by atoms with Gasteiger partial charge in [0.25, 0.3) is 5.91 Å². The number of aliphatic hydroxyl groups is 1. The lowest BCUT2D eigenvalue weighted by atomic mass is 10.1. The molecule has 2 aromatic carbocycles. The van der Waals surface area contributed by atoms with Gasteiger partial charge in [-0.15, -0.1) is 0 Å². The molecule has 8 heteroatoms. The van der Waals surface area contributed by atoms with Crippen LogP contribution in [-0.2, 0) is 0 Å². The third kappa shape index (κ3) is 6.51. The first-order valence-electron chi connectivity index (χ1n) is 8.82. The molecule has 2 rings (SSSR count). The number of aliphatic hydroxyl groups excluding tert-OH is 1. The fourth-order valence-electron chi connectivity index (χ4n) is 2.34. The maximum absolute atomic E-state index is 12.9. The van der Waals surface area contributed by atoms with Gasteiger partial charge >= 0.3 is 6.03 Å². The van der Waals surface area contributed by atoms with Gasteiger partial charge in [-0.3, -0.25) is 4.79 Å². The summed E-state index contributed by atoms with van der Waals surface area (Å²) in [7, 11) is 0. The van der Waals surface area contributed by atoms with E-state index in [0.29, 0.717) is 29.3 Å². The quantitative estimate of drug-likeness (QED) is 0.563. The van der Waals surface area contributed by atoms with Crippen molar-refractivity contribution < 1.29 is 19.1 Å². The first-order chi connectivity index (χ1) is 13.3. The Hall–Kier alpha value is -2.64. The van der Waals surface area contributed by atoms with Gasteiger partial charge in [-0.2, -0.15) is 0 Å². The summed E-state index contributed by atoms with van der Waals surface area (Å²) < 4.78 is 12.9. The highest BCUT2D eigenvalue weighted by molar-refractivity contribution is 6.34. The van der Waals surface area contributed by atoms with Crippen molar-refractivity contribution in [3.63, 3.8) is 0 Å². The Morgan fingerprint density at radius 1 is 1.07 bits per heavy atom.